The lowest BCUT2D eigenvalue weighted by atomic mass is 9.82. The number of allylic oxidation sites excluding steroid dienone is 2. The number of carbonyl (C=O) groups excluding carboxylic acids is 2. The van der Waals surface area contributed by atoms with Crippen LogP contribution in [0.25, 0.3) is 0 Å². The van der Waals surface area contributed by atoms with Crippen LogP contribution in [0.5, 0.6) is 5.75 Å². The molecule has 0 radical (unpaired) electrons. The average Bonchev–Trinajstić information content (AvgIpc) is 2.67. The molecule has 1 aliphatic carbocycles. The predicted octanol–water partition coefficient (Wildman–Crippen LogP) is 4.00. The molecule has 0 saturated heterocycles. The number of benzene rings is 1. The molecule has 7 heteroatoms. The van der Waals surface area contributed by atoms with E-state index in [1.165, 1.54) is 0 Å². The molecular weight excluding hydrogens is 377 g/mol. The first-order valence-electron chi connectivity index (χ1n) is 8.60. The Morgan fingerprint density at radius 3 is 2.31 bits per heavy atom. The summed E-state index contributed by atoms with van der Waals surface area (Å²) in [6.45, 7) is 2.49. The van der Waals surface area contributed by atoms with Crippen molar-refractivity contribution in [3.05, 3.63) is 36.4 Å². The zero-order valence-corrected chi connectivity index (χ0v) is 16.1. The monoisotopic (exact) mass is 399 g/mol. The highest BCUT2D eigenvalue weighted by molar-refractivity contribution is 6.21. The quantitative estimate of drug-likeness (QED) is 0.407. The van der Waals surface area contributed by atoms with Gasteiger partial charge in [0.2, 0.25) is 5.91 Å². The van der Waals surface area contributed by atoms with Gasteiger partial charge in [-0.25, -0.2) is 0 Å². The second-order valence-electron chi connectivity index (χ2n) is 5.97. The number of alkyl halides is 2. The Balaban J connectivity index is 2.02. The van der Waals surface area contributed by atoms with Gasteiger partial charge in [0, 0.05) is 5.69 Å². The van der Waals surface area contributed by atoms with E-state index >= 15 is 0 Å². The van der Waals surface area contributed by atoms with Gasteiger partial charge in [-0.1, -0.05) is 12.2 Å². The van der Waals surface area contributed by atoms with Crippen LogP contribution in [-0.2, 0) is 14.3 Å². The maximum absolute atomic E-state index is 12.7. The molecule has 2 rings (SSSR count). The molecule has 26 heavy (non-hydrogen) atoms. The zero-order valence-electron chi connectivity index (χ0n) is 14.6. The Bertz CT molecular complexity index is 629. The van der Waals surface area contributed by atoms with Gasteiger partial charge in [0.1, 0.15) is 11.9 Å². The van der Waals surface area contributed by atoms with E-state index in [9.17, 15) is 9.59 Å². The summed E-state index contributed by atoms with van der Waals surface area (Å²) in [5.41, 5.74) is 0.652. The molecule has 142 valence electrons. The lowest BCUT2D eigenvalue weighted by Crippen LogP contribution is -2.37. The summed E-state index contributed by atoms with van der Waals surface area (Å²) >= 11 is 11.5. The largest absolute Gasteiger partial charge is 0.494 e. The number of ether oxygens (including phenoxy) is 2. The third-order valence-corrected chi connectivity index (χ3v) is 4.82. The Hall–Kier alpha value is -1.72. The van der Waals surface area contributed by atoms with Gasteiger partial charge in [0.05, 0.1) is 30.2 Å². The molecule has 5 nitrogen and oxygen atoms in total. The number of nitrogens with one attached hydrogen (secondary N) is 1. The van der Waals surface area contributed by atoms with Gasteiger partial charge in [0.15, 0.2) is 0 Å². The van der Waals surface area contributed by atoms with Gasteiger partial charge in [-0.2, -0.15) is 0 Å². The highest BCUT2D eigenvalue weighted by Gasteiger charge is 2.36. The molecule has 1 amide bonds. The number of rotatable bonds is 8. The van der Waals surface area contributed by atoms with Crippen molar-refractivity contribution >= 4 is 40.8 Å². The van der Waals surface area contributed by atoms with Crippen LogP contribution in [-0.4, -0.2) is 36.3 Å². The third-order valence-electron chi connectivity index (χ3n) is 4.13. The maximum Gasteiger partial charge on any atom is 0.310 e. The van der Waals surface area contributed by atoms with E-state index in [0.717, 1.165) is 5.75 Å². The molecule has 0 aromatic heterocycles. The van der Waals surface area contributed by atoms with Crippen molar-refractivity contribution in [1.82, 2.24) is 0 Å². The van der Waals surface area contributed by atoms with Crippen molar-refractivity contribution in [3.8, 4) is 5.75 Å². The molecule has 0 saturated carbocycles. The number of anilines is 1. The van der Waals surface area contributed by atoms with Crippen molar-refractivity contribution in [2.45, 2.75) is 25.9 Å². The highest BCUT2D eigenvalue weighted by atomic mass is 35.5. The molecule has 0 bridgehead atoms. The first-order chi connectivity index (χ1) is 12.6. The van der Waals surface area contributed by atoms with E-state index < -0.39 is 23.9 Å². The molecule has 1 aromatic rings. The minimum atomic E-state index is -0.549. The predicted molar refractivity (Wildman–Crippen MR) is 103 cm³/mol. The Morgan fingerprint density at radius 1 is 1.12 bits per heavy atom. The van der Waals surface area contributed by atoms with E-state index in [1.54, 1.807) is 24.3 Å². The number of hydrogen-bond acceptors (Lipinski definition) is 4. The summed E-state index contributed by atoms with van der Waals surface area (Å²) in [6, 6.07) is 7.12. The van der Waals surface area contributed by atoms with Crippen LogP contribution >= 0.6 is 23.2 Å². The van der Waals surface area contributed by atoms with E-state index in [1.807, 2.05) is 19.1 Å². The van der Waals surface area contributed by atoms with Crippen LogP contribution in [0.15, 0.2) is 36.4 Å². The van der Waals surface area contributed by atoms with Crippen molar-refractivity contribution in [3.63, 3.8) is 0 Å². The SMILES string of the molecule is CCOc1ccc(NC(=O)[C@H]2CC=CC[C@@H]2C(=O)OC(CCl)CCl)cc1. The van der Waals surface area contributed by atoms with Crippen LogP contribution in [0.1, 0.15) is 19.8 Å². The number of amides is 1. The summed E-state index contributed by atoms with van der Waals surface area (Å²) in [7, 11) is 0. The molecule has 1 N–H and O–H groups in total. The summed E-state index contributed by atoms with van der Waals surface area (Å²) < 4.78 is 10.7. The second kappa shape index (κ2) is 10.4. The number of hydrogen-bond donors (Lipinski definition) is 1. The number of esters is 1. The lowest BCUT2D eigenvalue weighted by Gasteiger charge is -2.27. The van der Waals surface area contributed by atoms with Gasteiger partial charge in [-0.05, 0) is 44.0 Å². The Morgan fingerprint density at radius 2 is 1.73 bits per heavy atom. The van der Waals surface area contributed by atoms with E-state index in [2.05, 4.69) is 5.32 Å². The summed E-state index contributed by atoms with van der Waals surface area (Å²) in [5, 5.41) is 2.86. The third kappa shape index (κ3) is 5.64. The molecule has 2 atom stereocenters. The molecule has 1 aromatic carbocycles. The summed E-state index contributed by atoms with van der Waals surface area (Å²) in [5.74, 6) is -0.703. The molecule has 0 unspecified atom stereocenters. The van der Waals surface area contributed by atoms with Gasteiger partial charge in [0.25, 0.3) is 0 Å². The van der Waals surface area contributed by atoms with Crippen molar-refractivity contribution in [1.29, 1.82) is 0 Å². The number of halogens is 2. The Labute approximate surface area is 163 Å². The Kier molecular flexibility index (Phi) is 8.26. The van der Waals surface area contributed by atoms with Gasteiger partial charge in [-0.15, -0.1) is 23.2 Å². The smallest absolute Gasteiger partial charge is 0.310 e. The van der Waals surface area contributed by atoms with Crippen molar-refractivity contribution in [2.75, 3.05) is 23.7 Å². The molecule has 0 spiro atoms. The van der Waals surface area contributed by atoms with Crippen molar-refractivity contribution in [2.24, 2.45) is 11.8 Å². The first-order valence-corrected chi connectivity index (χ1v) is 9.67. The highest BCUT2D eigenvalue weighted by Crippen LogP contribution is 2.29. The molecule has 0 heterocycles. The van der Waals surface area contributed by atoms with Gasteiger partial charge in [-0.3, -0.25) is 9.59 Å². The van der Waals surface area contributed by atoms with Gasteiger partial charge >= 0.3 is 5.97 Å². The van der Waals surface area contributed by atoms with Crippen LogP contribution in [0.2, 0.25) is 0 Å². The van der Waals surface area contributed by atoms with Crippen molar-refractivity contribution < 1.29 is 19.1 Å². The minimum Gasteiger partial charge on any atom is -0.494 e. The number of carbonyl (C=O) groups is 2. The van der Waals surface area contributed by atoms with Gasteiger partial charge < -0.3 is 14.8 Å². The molecule has 1 aliphatic rings. The summed E-state index contributed by atoms with van der Waals surface area (Å²) in [4.78, 5) is 25.1. The van der Waals surface area contributed by atoms with Crippen LogP contribution in [0.4, 0.5) is 5.69 Å². The molecule has 0 aliphatic heterocycles. The zero-order chi connectivity index (χ0) is 18.9. The van der Waals surface area contributed by atoms with E-state index in [4.69, 9.17) is 32.7 Å². The topological polar surface area (TPSA) is 64.6 Å². The fraction of sp³-hybridized carbons (Fsp3) is 0.474. The fourth-order valence-corrected chi connectivity index (χ4v) is 3.21. The minimum absolute atomic E-state index is 0.126. The lowest BCUT2D eigenvalue weighted by molar-refractivity contribution is -0.155. The van der Waals surface area contributed by atoms with Crippen LogP contribution < -0.4 is 10.1 Å². The molecular formula is C19H23Cl2NO4. The first kappa shape index (κ1) is 20.6. The molecule has 0 fully saturated rings. The van der Waals surface area contributed by atoms with Crippen LogP contribution in [0, 0.1) is 11.8 Å². The van der Waals surface area contributed by atoms with E-state index in [0.29, 0.717) is 25.1 Å². The fourth-order valence-electron chi connectivity index (χ4n) is 2.76. The standard InChI is InChI=1S/C19H23Cl2NO4/c1-2-25-14-9-7-13(8-10-14)22-18(23)16-5-3-4-6-17(16)19(24)26-15(11-20)12-21/h3-4,7-10,15-17H,2,5-6,11-12H2,1H3,(H,22,23)/t16-,17-/m0/s1. The second-order valence-corrected chi connectivity index (χ2v) is 6.59. The maximum atomic E-state index is 12.7. The average molecular weight is 400 g/mol. The normalized spacial score (nSPS) is 19.2. The summed E-state index contributed by atoms with van der Waals surface area (Å²) in [6.07, 6.45) is 4.19. The van der Waals surface area contributed by atoms with E-state index in [-0.39, 0.29) is 17.7 Å². The van der Waals surface area contributed by atoms with Crippen LogP contribution in [0.3, 0.4) is 0 Å².